The largest absolute Gasteiger partial charge is 0.377 e. The Hall–Kier alpha value is -2.11. The average Bonchev–Trinajstić information content (AvgIpc) is 2.39. The Morgan fingerprint density at radius 2 is 2.25 bits per heavy atom. The molecule has 1 aromatic rings. The number of nitro groups is 1. The predicted molar refractivity (Wildman–Crippen MR) is 59.4 cm³/mol. The first-order valence-corrected chi connectivity index (χ1v) is 4.91. The zero-order valence-corrected chi connectivity index (χ0v) is 8.69. The third kappa shape index (κ3) is 1.69. The molecule has 1 aromatic carbocycles. The van der Waals surface area contributed by atoms with Crippen molar-refractivity contribution in [2.45, 2.75) is 6.92 Å². The number of para-hydroxylation sites is 1. The van der Waals surface area contributed by atoms with Crippen molar-refractivity contribution in [1.29, 1.82) is 0 Å². The SMILES string of the molecule is CC1CNc2c(cccc2[N+](=O)[O-])NC1=O. The van der Waals surface area contributed by atoms with Crippen LogP contribution in [0.25, 0.3) is 0 Å². The third-order valence-electron chi connectivity index (χ3n) is 2.53. The fourth-order valence-corrected chi connectivity index (χ4v) is 1.59. The molecule has 2 rings (SSSR count). The van der Waals surface area contributed by atoms with Gasteiger partial charge in [-0.25, -0.2) is 0 Å². The van der Waals surface area contributed by atoms with Crippen molar-refractivity contribution >= 4 is 23.0 Å². The van der Waals surface area contributed by atoms with Gasteiger partial charge < -0.3 is 10.6 Å². The van der Waals surface area contributed by atoms with Crippen LogP contribution in [0.4, 0.5) is 17.1 Å². The third-order valence-corrected chi connectivity index (χ3v) is 2.53. The molecule has 0 fully saturated rings. The van der Waals surface area contributed by atoms with E-state index < -0.39 is 4.92 Å². The van der Waals surface area contributed by atoms with Gasteiger partial charge in [-0.05, 0) is 6.07 Å². The van der Waals surface area contributed by atoms with Gasteiger partial charge in [0.25, 0.3) is 5.69 Å². The maximum atomic E-state index is 11.5. The van der Waals surface area contributed by atoms with E-state index in [0.717, 1.165) is 0 Å². The number of rotatable bonds is 1. The van der Waals surface area contributed by atoms with E-state index in [-0.39, 0.29) is 17.5 Å². The quantitative estimate of drug-likeness (QED) is 0.557. The first-order valence-electron chi connectivity index (χ1n) is 4.91. The summed E-state index contributed by atoms with van der Waals surface area (Å²) in [5, 5.41) is 16.4. The molecule has 1 unspecified atom stereocenters. The second-order valence-electron chi connectivity index (χ2n) is 3.73. The average molecular weight is 221 g/mol. The lowest BCUT2D eigenvalue weighted by atomic mass is 10.2. The number of benzene rings is 1. The Kier molecular flexibility index (Phi) is 2.47. The second-order valence-corrected chi connectivity index (χ2v) is 3.73. The lowest BCUT2D eigenvalue weighted by Gasteiger charge is -2.07. The zero-order valence-electron chi connectivity index (χ0n) is 8.69. The topological polar surface area (TPSA) is 84.3 Å². The highest BCUT2D eigenvalue weighted by atomic mass is 16.6. The number of amides is 1. The van der Waals surface area contributed by atoms with Crippen LogP contribution >= 0.6 is 0 Å². The van der Waals surface area contributed by atoms with Crippen molar-refractivity contribution in [3.8, 4) is 0 Å². The maximum Gasteiger partial charge on any atom is 0.294 e. The van der Waals surface area contributed by atoms with Gasteiger partial charge in [0.15, 0.2) is 0 Å². The second kappa shape index (κ2) is 3.80. The Bertz CT molecular complexity index is 459. The first-order chi connectivity index (χ1) is 7.59. The van der Waals surface area contributed by atoms with Gasteiger partial charge in [-0.15, -0.1) is 0 Å². The van der Waals surface area contributed by atoms with E-state index in [1.165, 1.54) is 6.07 Å². The molecule has 2 N–H and O–H groups in total. The molecule has 1 aliphatic heterocycles. The summed E-state index contributed by atoms with van der Waals surface area (Å²) >= 11 is 0. The summed E-state index contributed by atoms with van der Waals surface area (Å²) in [6.07, 6.45) is 0. The standard InChI is InChI=1S/C10H11N3O3/c1-6-5-11-9-7(12-10(6)14)3-2-4-8(9)13(15)16/h2-4,6,11H,5H2,1H3,(H,12,14). The number of nitrogens with zero attached hydrogens (tertiary/aromatic N) is 1. The van der Waals surface area contributed by atoms with Crippen LogP contribution in [0.15, 0.2) is 18.2 Å². The van der Waals surface area contributed by atoms with Crippen molar-refractivity contribution in [1.82, 2.24) is 0 Å². The summed E-state index contributed by atoms with van der Waals surface area (Å²) in [6, 6.07) is 4.61. The molecule has 0 aliphatic carbocycles. The van der Waals surface area contributed by atoms with Crippen molar-refractivity contribution in [2.75, 3.05) is 17.2 Å². The van der Waals surface area contributed by atoms with E-state index in [1.54, 1.807) is 19.1 Å². The van der Waals surface area contributed by atoms with Crippen molar-refractivity contribution < 1.29 is 9.72 Å². The van der Waals surface area contributed by atoms with E-state index in [9.17, 15) is 14.9 Å². The van der Waals surface area contributed by atoms with Crippen LogP contribution in [-0.4, -0.2) is 17.4 Å². The highest BCUT2D eigenvalue weighted by Crippen LogP contribution is 2.34. The minimum Gasteiger partial charge on any atom is -0.377 e. The van der Waals surface area contributed by atoms with E-state index >= 15 is 0 Å². The van der Waals surface area contributed by atoms with Crippen LogP contribution in [0.2, 0.25) is 0 Å². The van der Waals surface area contributed by atoms with Crippen LogP contribution in [0, 0.1) is 16.0 Å². The van der Waals surface area contributed by atoms with E-state index in [0.29, 0.717) is 17.9 Å². The molecule has 0 bridgehead atoms. The predicted octanol–water partition coefficient (Wildman–Crippen LogP) is 1.59. The number of hydrogen-bond acceptors (Lipinski definition) is 4. The summed E-state index contributed by atoms with van der Waals surface area (Å²) in [5.74, 6) is -0.348. The first kappa shape index (κ1) is 10.4. The van der Waals surface area contributed by atoms with E-state index in [1.807, 2.05) is 0 Å². The summed E-state index contributed by atoms with van der Waals surface area (Å²) in [5.41, 5.74) is 0.820. The molecule has 6 heteroatoms. The highest BCUT2D eigenvalue weighted by molar-refractivity contribution is 5.99. The van der Waals surface area contributed by atoms with Gasteiger partial charge in [0.05, 0.1) is 16.5 Å². The minimum absolute atomic E-state index is 0.0214. The molecule has 84 valence electrons. The molecule has 1 heterocycles. The molecule has 0 spiro atoms. The summed E-state index contributed by atoms with van der Waals surface area (Å²) < 4.78 is 0. The molecule has 0 saturated carbocycles. The maximum absolute atomic E-state index is 11.5. The van der Waals surface area contributed by atoms with Gasteiger partial charge in [-0.2, -0.15) is 0 Å². The fraction of sp³-hybridized carbons (Fsp3) is 0.300. The highest BCUT2D eigenvalue weighted by Gasteiger charge is 2.24. The Balaban J connectivity index is 2.48. The number of anilines is 2. The van der Waals surface area contributed by atoms with Crippen LogP contribution in [0.1, 0.15) is 6.92 Å². The van der Waals surface area contributed by atoms with Crippen LogP contribution in [0.3, 0.4) is 0 Å². The van der Waals surface area contributed by atoms with Crippen LogP contribution in [0.5, 0.6) is 0 Å². The van der Waals surface area contributed by atoms with Gasteiger partial charge in [0, 0.05) is 12.6 Å². The summed E-state index contributed by atoms with van der Waals surface area (Å²) in [4.78, 5) is 21.9. The van der Waals surface area contributed by atoms with Gasteiger partial charge in [-0.1, -0.05) is 13.0 Å². The number of carbonyl (C=O) groups is 1. The Morgan fingerprint density at radius 3 is 2.94 bits per heavy atom. The zero-order chi connectivity index (χ0) is 11.7. The Morgan fingerprint density at radius 1 is 1.50 bits per heavy atom. The monoisotopic (exact) mass is 221 g/mol. The number of nitro benzene ring substituents is 1. The molecule has 1 amide bonds. The van der Waals surface area contributed by atoms with E-state index in [4.69, 9.17) is 0 Å². The Labute approximate surface area is 91.8 Å². The van der Waals surface area contributed by atoms with Crippen LogP contribution in [-0.2, 0) is 4.79 Å². The molecular weight excluding hydrogens is 210 g/mol. The summed E-state index contributed by atoms with van der Waals surface area (Å²) in [6.45, 7) is 2.16. The molecule has 16 heavy (non-hydrogen) atoms. The van der Waals surface area contributed by atoms with Gasteiger partial charge in [-0.3, -0.25) is 14.9 Å². The van der Waals surface area contributed by atoms with Crippen LogP contribution < -0.4 is 10.6 Å². The smallest absolute Gasteiger partial charge is 0.294 e. The summed E-state index contributed by atoms with van der Waals surface area (Å²) in [7, 11) is 0. The van der Waals surface area contributed by atoms with Gasteiger partial charge >= 0.3 is 0 Å². The number of hydrogen-bond donors (Lipinski definition) is 2. The van der Waals surface area contributed by atoms with Crippen molar-refractivity contribution in [2.24, 2.45) is 5.92 Å². The molecule has 0 aromatic heterocycles. The fourth-order valence-electron chi connectivity index (χ4n) is 1.59. The van der Waals surface area contributed by atoms with Gasteiger partial charge in [0.1, 0.15) is 5.69 Å². The minimum atomic E-state index is -0.464. The molecule has 0 radical (unpaired) electrons. The molecule has 6 nitrogen and oxygen atoms in total. The molecular formula is C10H11N3O3. The van der Waals surface area contributed by atoms with Crippen molar-refractivity contribution in [3.05, 3.63) is 28.3 Å². The van der Waals surface area contributed by atoms with Gasteiger partial charge in [0.2, 0.25) is 5.91 Å². The number of carbonyl (C=O) groups excluding carboxylic acids is 1. The van der Waals surface area contributed by atoms with Crippen molar-refractivity contribution in [3.63, 3.8) is 0 Å². The lowest BCUT2D eigenvalue weighted by Crippen LogP contribution is -2.22. The van der Waals surface area contributed by atoms with E-state index in [2.05, 4.69) is 10.6 Å². The molecule has 1 atom stereocenters. The number of fused-ring (bicyclic) bond motifs is 1. The number of nitrogens with one attached hydrogen (secondary N) is 2. The molecule has 0 saturated heterocycles. The lowest BCUT2D eigenvalue weighted by molar-refractivity contribution is -0.383. The normalized spacial score (nSPS) is 19.1. The molecule has 1 aliphatic rings.